The minimum Gasteiger partial charge on any atom is -0.462 e. The third kappa shape index (κ3) is 68.2. The van der Waals surface area contributed by atoms with E-state index in [1.165, 1.54) is 161 Å². The summed E-state index contributed by atoms with van der Waals surface area (Å²) in [5.41, 5.74) is 0. The van der Waals surface area contributed by atoms with Crippen molar-refractivity contribution in [3.8, 4) is 0 Å². The molecule has 6 heteroatoms. The third-order valence-corrected chi connectivity index (χ3v) is 14.6. The lowest BCUT2D eigenvalue weighted by Crippen LogP contribution is -2.30. The van der Waals surface area contributed by atoms with Gasteiger partial charge in [0.05, 0.1) is 0 Å². The molecule has 0 fully saturated rings. The van der Waals surface area contributed by atoms with Crippen LogP contribution in [0.15, 0.2) is 134 Å². The van der Waals surface area contributed by atoms with Gasteiger partial charge < -0.3 is 14.2 Å². The molecule has 0 aliphatic heterocycles. The average Bonchev–Trinajstić information content (AvgIpc) is 3.49. The monoisotopic (exact) mass is 1150 g/mol. The molecule has 0 aromatic heterocycles. The molecule has 0 aliphatic carbocycles. The van der Waals surface area contributed by atoms with Crippen molar-refractivity contribution in [1.29, 1.82) is 0 Å². The van der Waals surface area contributed by atoms with Gasteiger partial charge in [0.1, 0.15) is 13.2 Å². The summed E-state index contributed by atoms with van der Waals surface area (Å²) < 4.78 is 16.9. The lowest BCUT2D eigenvalue weighted by Gasteiger charge is -2.18. The molecule has 0 radical (unpaired) electrons. The van der Waals surface area contributed by atoms with E-state index in [9.17, 15) is 14.4 Å². The summed E-state index contributed by atoms with van der Waals surface area (Å²) in [4.78, 5) is 38.4. The molecule has 0 saturated heterocycles. The fraction of sp³-hybridized carbons (Fsp3) is 0.675. The second kappa shape index (κ2) is 70.0. The van der Waals surface area contributed by atoms with Gasteiger partial charge in [-0.05, 0) is 122 Å². The van der Waals surface area contributed by atoms with E-state index in [4.69, 9.17) is 14.2 Å². The van der Waals surface area contributed by atoms with Crippen molar-refractivity contribution in [3.63, 3.8) is 0 Å². The van der Waals surface area contributed by atoms with Crippen LogP contribution in [0.5, 0.6) is 0 Å². The Labute approximate surface area is 513 Å². The molecule has 0 spiro atoms. The molecule has 472 valence electrons. The van der Waals surface area contributed by atoms with Crippen molar-refractivity contribution < 1.29 is 28.6 Å². The first-order valence-corrected chi connectivity index (χ1v) is 34.7. The molecule has 0 saturated carbocycles. The molecule has 0 amide bonds. The maximum Gasteiger partial charge on any atom is 0.306 e. The van der Waals surface area contributed by atoms with Gasteiger partial charge in [0, 0.05) is 19.3 Å². The Morgan fingerprint density at radius 3 is 0.807 bits per heavy atom. The van der Waals surface area contributed by atoms with Crippen LogP contribution in [0.1, 0.15) is 316 Å². The normalized spacial score (nSPS) is 13.0. The van der Waals surface area contributed by atoms with Crippen LogP contribution in [-0.2, 0) is 28.6 Å². The Balaban J connectivity index is 4.33. The molecule has 0 N–H and O–H groups in total. The second-order valence-corrected chi connectivity index (χ2v) is 22.7. The van der Waals surface area contributed by atoms with Gasteiger partial charge in [-0.1, -0.05) is 309 Å². The molecule has 0 heterocycles. The number of rotatable bonds is 62. The second-order valence-electron chi connectivity index (χ2n) is 22.7. The smallest absolute Gasteiger partial charge is 0.306 e. The fourth-order valence-corrected chi connectivity index (χ4v) is 9.52. The quantitative estimate of drug-likeness (QED) is 0.0261. The topological polar surface area (TPSA) is 78.9 Å². The van der Waals surface area contributed by atoms with Crippen molar-refractivity contribution in [2.75, 3.05) is 13.2 Å². The molecule has 0 bridgehead atoms. The van der Waals surface area contributed by atoms with E-state index in [1.54, 1.807) is 0 Å². The van der Waals surface area contributed by atoms with E-state index >= 15 is 0 Å². The van der Waals surface area contributed by atoms with Gasteiger partial charge in [-0.2, -0.15) is 0 Å². The molecular weight excluding hydrogens is 1020 g/mol. The summed E-state index contributed by atoms with van der Waals surface area (Å²) in [6.45, 7) is 6.35. The molecule has 83 heavy (non-hydrogen) atoms. The van der Waals surface area contributed by atoms with Gasteiger partial charge in [0.2, 0.25) is 0 Å². The summed E-state index contributed by atoms with van der Waals surface area (Å²) in [7, 11) is 0. The van der Waals surface area contributed by atoms with Crippen LogP contribution in [0.25, 0.3) is 0 Å². The highest BCUT2D eigenvalue weighted by Gasteiger charge is 2.19. The number of unbranched alkanes of at least 4 members (excludes halogenated alkanes) is 29. The highest BCUT2D eigenvalue weighted by atomic mass is 16.6. The summed E-state index contributed by atoms with van der Waals surface area (Å²) in [5, 5.41) is 0. The third-order valence-electron chi connectivity index (χ3n) is 14.6. The lowest BCUT2D eigenvalue weighted by molar-refractivity contribution is -0.166. The number of allylic oxidation sites excluding steroid dienone is 22. The molecule has 6 nitrogen and oxygen atoms in total. The number of hydrogen-bond acceptors (Lipinski definition) is 6. The molecule has 0 aromatic rings. The first kappa shape index (κ1) is 78.5. The van der Waals surface area contributed by atoms with Crippen molar-refractivity contribution in [3.05, 3.63) is 134 Å². The van der Waals surface area contributed by atoms with Crippen molar-refractivity contribution in [2.24, 2.45) is 0 Å². The number of carbonyl (C=O) groups is 3. The molecule has 1 unspecified atom stereocenters. The van der Waals surface area contributed by atoms with Crippen LogP contribution in [0, 0.1) is 0 Å². The predicted molar refractivity (Wildman–Crippen MR) is 362 cm³/mol. The maximum absolute atomic E-state index is 12.9. The number of esters is 3. The summed E-state index contributed by atoms with van der Waals surface area (Å²) in [5.74, 6) is -0.990. The molecular formula is C77H128O6. The summed E-state index contributed by atoms with van der Waals surface area (Å²) >= 11 is 0. The van der Waals surface area contributed by atoms with E-state index < -0.39 is 6.10 Å². The minimum absolute atomic E-state index is 0.104. The van der Waals surface area contributed by atoms with Gasteiger partial charge in [0.15, 0.2) is 6.10 Å². The van der Waals surface area contributed by atoms with Gasteiger partial charge in [-0.25, -0.2) is 0 Å². The first-order valence-electron chi connectivity index (χ1n) is 34.7. The maximum atomic E-state index is 12.9. The van der Waals surface area contributed by atoms with E-state index in [0.29, 0.717) is 19.3 Å². The number of hydrogen-bond donors (Lipinski definition) is 0. The zero-order valence-corrected chi connectivity index (χ0v) is 54.2. The lowest BCUT2D eigenvalue weighted by atomic mass is 10.0. The zero-order valence-electron chi connectivity index (χ0n) is 54.2. The summed E-state index contributed by atoms with van der Waals surface area (Å²) in [6.07, 6.45) is 99.2. The van der Waals surface area contributed by atoms with Gasteiger partial charge in [0.25, 0.3) is 0 Å². The highest BCUT2D eigenvalue weighted by molar-refractivity contribution is 5.71. The largest absolute Gasteiger partial charge is 0.462 e. The molecule has 0 rings (SSSR count). The number of ether oxygens (including phenoxy) is 3. The van der Waals surface area contributed by atoms with E-state index in [1.807, 2.05) is 6.08 Å². The predicted octanol–water partition coefficient (Wildman–Crippen LogP) is 24.1. The van der Waals surface area contributed by atoms with Crippen LogP contribution in [-0.4, -0.2) is 37.2 Å². The highest BCUT2D eigenvalue weighted by Crippen LogP contribution is 2.17. The Morgan fingerprint density at radius 1 is 0.253 bits per heavy atom. The van der Waals surface area contributed by atoms with Crippen LogP contribution >= 0.6 is 0 Å². The van der Waals surface area contributed by atoms with Gasteiger partial charge in [-0.15, -0.1) is 0 Å². The Kier molecular flexibility index (Phi) is 66.3. The van der Waals surface area contributed by atoms with Crippen molar-refractivity contribution >= 4 is 17.9 Å². The Bertz CT molecular complexity index is 1750. The van der Waals surface area contributed by atoms with Crippen LogP contribution in [0.3, 0.4) is 0 Å². The molecule has 1 atom stereocenters. The van der Waals surface area contributed by atoms with E-state index in [0.717, 1.165) is 109 Å². The van der Waals surface area contributed by atoms with E-state index in [-0.39, 0.29) is 37.5 Å². The zero-order chi connectivity index (χ0) is 59.9. The first-order chi connectivity index (χ1) is 41.0. The number of carbonyl (C=O) groups excluding carboxylic acids is 3. The van der Waals surface area contributed by atoms with E-state index in [2.05, 4.69) is 148 Å². The van der Waals surface area contributed by atoms with Crippen LogP contribution < -0.4 is 0 Å². The Hall–Kier alpha value is -4.45. The van der Waals surface area contributed by atoms with Crippen molar-refractivity contribution in [1.82, 2.24) is 0 Å². The Morgan fingerprint density at radius 2 is 0.494 bits per heavy atom. The van der Waals surface area contributed by atoms with Crippen LogP contribution in [0.4, 0.5) is 0 Å². The summed E-state index contributed by atoms with van der Waals surface area (Å²) in [6, 6.07) is 0. The standard InChI is InChI=1S/C77H128O6/c1-4-7-10-13-16-19-22-25-27-29-31-33-35-37-38-40-41-43-45-47-49-52-55-58-61-64-67-70-76(79)82-73-74(72-81-75(78)69-66-63-60-57-54-51-24-21-18-15-12-9-6-3)83-77(80)71-68-65-62-59-56-53-50-48-46-44-42-39-36-34-32-30-28-26-23-20-17-14-11-8-5-2/h8-9,11-12,17-18,20-22,25-26,28-29,31-32,34,39,42,51,54,60,63,74H,4-7,10,13-16,19,23-24,27,30,33,35-38,40-41,43-50,52-53,55-59,61-62,64-73H2,1-3H3/b11-8-,12-9-,20-17-,21-18-,25-22-,28-26-,31-29-,34-32-,42-39-,54-51-,63-60-. The van der Waals surface area contributed by atoms with Gasteiger partial charge in [-0.3, -0.25) is 14.4 Å². The average molecular weight is 1150 g/mol. The minimum atomic E-state index is -0.816. The SMILES string of the molecule is CC/C=C\C/C=C\C/C=C\C/C=C\C/C=C\CCCCCCCCCCCC(=O)OC(COC(=O)CC/C=C\C/C=C\C/C=C\C/C=C\CC)COC(=O)CCCCCCCCCCCCCCCCC/C=C\C/C=C\CCCCCCC. The molecule has 0 aromatic carbocycles. The van der Waals surface area contributed by atoms with Gasteiger partial charge >= 0.3 is 17.9 Å². The molecule has 0 aliphatic rings. The van der Waals surface area contributed by atoms with Crippen molar-refractivity contribution in [2.45, 2.75) is 322 Å². The fourth-order valence-electron chi connectivity index (χ4n) is 9.52. The van der Waals surface area contributed by atoms with Crippen LogP contribution in [0.2, 0.25) is 0 Å².